The van der Waals surface area contributed by atoms with E-state index in [-0.39, 0.29) is 18.1 Å². The summed E-state index contributed by atoms with van der Waals surface area (Å²) < 4.78 is 12.1. The zero-order chi connectivity index (χ0) is 28.0. The molecule has 0 bridgehead atoms. The van der Waals surface area contributed by atoms with Crippen LogP contribution in [0.5, 0.6) is 11.5 Å². The molecular formula is C32H27N5O4. The van der Waals surface area contributed by atoms with Crippen LogP contribution in [0.25, 0.3) is 33.3 Å². The van der Waals surface area contributed by atoms with Crippen LogP contribution >= 0.6 is 0 Å². The third-order valence-corrected chi connectivity index (χ3v) is 8.18. The topological polar surface area (TPSA) is 110 Å². The minimum atomic E-state index is -0.627. The number of Topliss-reactive ketones (excluding diaryl/α,β-unsaturated/α-hetero) is 1. The maximum Gasteiger partial charge on any atom is 0.253 e. The van der Waals surface area contributed by atoms with Crippen LogP contribution in [0.3, 0.4) is 0 Å². The predicted octanol–water partition coefficient (Wildman–Crippen LogP) is 5.34. The summed E-state index contributed by atoms with van der Waals surface area (Å²) in [6, 6.07) is 25.3. The number of likely N-dealkylation sites (tertiary alicyclic amines) is 1. The molecule has 41 heavy (non-hydrogen) atoms. The van der Waals surface area contributed by atoms with Crippen LogP contribution in [0.1, 0.15) is 40.0 Å². The second-order valence-electron chi connectivity index (χ2n) is 10.6. The number of carbonyl (C=O) groups excluding carboxylic acids is 2. The Kier molecular flexibility index (Phi) is 6.00. The van der Waals surface area contributed by atoms with E-state index in [1.807, 2.05) is 65.6 Å². The first-order chi connectivity index (χ1) is 20.0. The number of methoxy groups -OCH3 is 1. The van der Waals surface area contributed by atoms with Crippen LogP contribution < -0.4 is 9.47 Å². The zero-order valence-electron chi connectivity index (χ0n) is 22.5. The Morgan fingerprint density at radius 1 is 0.927 bits per heavy atom. The number of rotatable bonds is 4. The van der Waals surface area contributed by atoms with Gasteiger partial charge >= 0.3 is 0 Å². The second-order valence-corrected chi connectivity index (χ2v) is 10.6. The maximum absolute atomic E-state index is 13.9. The molecule has 0 saturated carbocycles. The van der Waals surface area contributed by atoms with Crippen molar-refractivity contribution in [2.75, 3.05) is 20.2 Å². The molecule has 0 radical (unpaired) electrons. The van der Waals surface area contributed by atoms with Gasteiger partial charge in [0.1, 0.15) is 17.1 Å². The Hall–Kier alpha value is -5.05. The van der Waals surface area contributed by atoms with Crippen molar-refractivity contribution in [2.45, 2.75) is 24.9 Å². The van der Waals surface area contributed by atoms with Crippen molar-refractivity contribution >= 4 is 22.5 Å². The summed E-state index contributed by atoms with van der Waals surface area (Å²) in [5.41, 5.74) is 3.26. The molecule has 1 amide bonds. The van der Waals surface area contributed by atoms with E-state index in [0.717, 1.165) is 33.2 Å². The highest BCUT2D eigenvalue weighted by molar-refractivity contribution is 6.06. The molecule has 1 saturated heterocycles. The Balaban J connectivity index is 1.14. The molecule has 7 rings (SSSR count). The standard InChI is InChI=1S/C32H27N5O4/c1-40-28-9-5-8-23-24(20-6-3-2-4-7-20)17-22(18-25(23)28)31(39)37-14-12-32(13-15-37)19-27(38)26-16-21(10-11-29(26)41-32)30-33-35-36-34-30/h2-11,16-18H,12-15,19H2,1H3,(H,33,34,35,36). The number of hydrogen-bond donors (Lipinski definition) is 1. The van der Waals surface area contributed by atoms with Crippen LogP contribution in [0, 0.1) is 0 Å². The van der Waals surface area contributed by atoms with E-state index in [2.05, 4.69) is 26.7 Å². The van der Waals surface area contributed by atoms with E-state index in [1.165, 1.54) is 0 Å². The first-order valence-corrected chi connectivity index (χ1v) is 13.6. The van der Waals surface area contributed by atoms with E-state index in [4.69, 9.17) is 9.47 Å². The van der Waals surface area contributed by atoms with Gasteiger partial charge in [-0.05, 0) is 63.3 Å². The van der Waals surface area contributed by atoms with Crippen molar-refractivity contribution in [3.05, 3.63) is 90.0 Å². The number of aromatic nitrogens is 4. The normalized spacial score (nSPS) is 15.9. The predicted molar refractivity (Wildman–Crippen MR) is 153 cm³/mol. The molecule has 9 heteroatoms. The molecule has 0 aliphatic carbocycles. The summed E-state index contributed by atoms with van der Waals surface area (Å²) in [7, 11) is 1.64. The number of carbonyl (C=O) groups is 2. The molecule has 5 aromatic rings. The lowest BCUT2D eigenvalue weighted by atomic mass is 9.82. The molecule has 2 aliphatic heterocycles. The summed E-state index contributed by atoms with van der Waals surface area (Å²) in [4.78, 5) is 29.0. The second kappa shape index (κ2) is 9.85. The quantitative estimate of drug-likeness (QED) is 0.325. The Bertz CT molecular complexity index is 1780. The molecule has 1 N–H and O–H groups in total. The number of amides is 1. The largest absolute Gasteiger partial charge is 0.496 e. The molecular weight excluding hydrogens is 518 g/mol. The molecule has 3 heterocycles. The third kappa shape index (κ3) is 4.39. The van der Waals surface area contributed by atoms with E-state index < -0.39 is 5.60 Å². The SMILES string of the molecule is COc1cccc2c(-c3ccccc3)cc(C(=O)N3CCC4(CC3)CC(=O)c3cc(-c5nnn[nH]5)ccc3O4)cc12. The number of H-pyrrole nitrogens is 1. The number of ketones is 1. The molecule has 0 unspecified atom stereocenters. The minimum absolute atomic E-state index is 0.0227. The Labute approximate surface area is 236 Å². The number of ether oxygens (including phenoxy) is 2. The van der Waals surface area contributed by atoms with Crippen LogP contribution in [0.2, 0.25) is 0 Å². The highest BCUT2D eigenvalue weighted by atomic mass is 16.5. The summed E-state index contributed by atoms with van der Waals surface area (Å²) in [6.45, 7) is 0.988. The van der Waals surface area contributed by atoms with E-state index in [9.17, 15) is 9.59 Å². The lowest BCUT2D eigenvalue weighted by molar-refractivity contribution is -0.00569. The molecule has 1 fully saturated rings. The lowest BCUT2D eigenvalue weighted by Crippen LogP contribution is -2.52. The zero-order valence-corrected chi connectivity index (χ0v) is 22.5. The van der Waals surface area contributed by atoms with Crippen LogP contribution in [-0.2, 0) is 0 Å². The van der Waals surface area contributed by atoms with Crippen LogP contribution in [-0.4, -0.2) is 63.0 Å². The van der Waals surface area contributed by atoms with Gasteiger partial charge in [-0.2, -0.15) is 0 Å². The summed E-state index contributed by atoms with van der Waals surface area (Å²) in [5, 5.41) is 15.8. The summed E-state index contributed by atoms with van der Waals surface area (Å²) in [5.74, 6) is 1.76. The monoisotopic (exact) mass is 545 g/mol. The van der Waals surface area contributed by atoms with E-state index in [1.54, 1.807) is 19.2 Å². The number of benzene rings is 4. The average molecular weight is 546 g/mol. The van der Waals surface area contributed by atoms with Crippen molar-refractivity contribution in [3.8, 4) is 34.0 Å². The minimum Gasteiger partial charge on any atom is -0.496 e. The van der Waals surface area contributed by atoms with Crippen molar-refractivity contribution in [2.24, 2.45) is 0 Å². The fourth-order valence-corrected chi connectivity index (χ4v) is 6.02. The number of fused-ring (bicyclic) bond motifs is 2. The summed E-state index contributed by atoms with van der Waals surface area (Å²) >= 11 is 0. The lowest BCUT2D eigenvalue weighted by Gasteiger charge is -2.44. The first kappa shape index (κ1) is 25.0. The summed E-state index contributed by atoms with van der Waals surface area (Å²) in [6.07, 6.45) is 1.41. The van der Waals surface area contributed by atoms with Gasteiger partial charge in [-0.1, -0.05) is 42.5 Å². The Morgan fingerprint density at radius 3 is 2.51 bits per heavy atom. The van der Waals surface area contributed by atoms with E-state index >= 15 is 0 Å². The highest BCUT2D eigenvalue weighted by Crippen LogP contribution is 2.41. The van der Waals surface area contributed by atoms with Gasteiger partial charge in [0.2, 0.25) is 0 Å². The van der Waals surface area contributed by atoms with Gasteiger partial charge in [-0.15, -0.1) is 5.10 Å². The molecule has 1 aromatic heterocycles. The highest BCUT2D eigenvalue weighted by Gasteiger charge is 2.44. The molecule has 204 valence electrons. The average Bonchev–Trinajstić information content (AvgIpc) is 3.56. The number of hydrogen-bond acceptors (Lipinski definition) is 7. The van der Waals surface area contributed by atoms with Crippen molar-refractivity contribution < 1.29 is 19.1 Å². The van der Waals surface area contributed by atoms with Gasteiger partial charge < -0.3 is 14.4 Å². The van der Waals surface area contributed by atoms with Gasteiger partial charge in [-0.3, -0.25) is 9.59 Å². The molecule has 0 atom stereocenters. The van der Waals surface area contributed by atoms with Crippen LogP contribution in [0.4, 0.5) is 0 Å². The third-order valence-electron chi connectivity index (χ3n) is 8.18. The fraction of sp³-hybridized carbons (Fsp3) is 0.219. The number of nitrogens with one attached hydrogen (secondary N) is 1. The van der Waals surface area contributed by atoms with Gasteiger partial charge in [0.25, 0.3) is 5.91 Å². The molecule has 9 nitrogen and oxygen atoms in total. The number of piperidine rings is 1. The maximum atomic E-state index is 13.9. The molecule has 2 aliphatic rings. The van der Waals surface area contributed by atoms with Crippen molar-refractivity contribution in [3.63, 3.8) is 0 Å². The number of tetrazole rings is 1. The first-order valence-electron chi connectivity index (χ1n) is 13.6. The Morgan fingerprint density at radius 2 is 1.76 bits per heavy atom. The molecule has 1 spiro atoms. The van der Waals surface area contributed by atoms with E-state index in [0.29, 0.717) is 48.6 Å². The van der Waals surface area contributed by atoms with Gasteiger partial charge in [0, 0.05) is 42.4 Å². The fourth-order valence-electron chi connectivity index (χ4n) is 6.02. The number of aromatic amines is 1. The van der Waals surface area contributed by atoms with Gasteiger partial charge in [-0.25, -0.2) is 5.10 Å². The van der Waals surface area contributed by atoms with Crippen molar-refractivity contribution in [1.82, 2.24) is 25.5 Å². The smallest absolute Gasteiger partial charge is 0.253 e. The van der Waals surface area contributed by atoms with Crippen LogP contribution in [0.15, 0.2) is 78.9 Å². The number of nitrogens with zero attached hydrogens (tertiary/aromatic N) is 4. The van der Waals surface area contributed by atoms with Gasteiger partial charge in [0.15, 0.2) is 11.6 Å². The van der Waals surface area contributed by atoms with Crippen molar-refractivity contribution in [1.29, 1.82) is 0 Å². The molecule has 4 aromatic carbocycles. The van der Waals surface area contributed by atoms with Gasteiger partial charge in [0.05, 0.1) is 19.1 Å².